The highest BCUT2D eigenvalue weighted by Crippen LogP contribution is 2.23. The fourth-order valence-corrected chi connectivity index (χ4v) is 2.01. The second-order valence-electron chi connectivity index (χ2n) is 4.04. The van der Waals surface area contributed by atoms with Crippen molar-refractivity contribution in [3.8, 4) is 11.3 Å². The molecule has 88 valence electrons. The van der Waals surface area contributed by atoms with Crippen LogP contribution in [0.4, 0.5) is 8.78 Å². The van der Waals surface area contributed by atoms with Gasteiger partial charge in [0.15, 0.2) is 0 Å². The van der Waals surface area contributed by atoms with Gasteiger partial charge in [0.05, 0.1) is 12.2 Å². The van der Waals surface area contributed by atoms with Crippen LogP contribution in [0.3, 0.4) is 0 Å². The molecule has 0 fully saturated rings. The molecule has 17 heavy (non-hydrogen) atoms. The molecule has 5 heteroatoms. The minimum atomic E-state index is -0.453. The highest BCUT2D eigenvalue weighted by Gasteiger charge is 2.15. The lowest BCUT2D eigenvalue weighted by molar-refractivity contribution is 0.505. The maximum absolute atomic E-state index is 13.6. The van der Waals surface area contributed by atoms with Gasteiger partial charge in [-0.15, -0.1) is 0 Å². The SMILES string of the molecule is Fc1ccc(F)c(-c2cn3c(n2)CNCC3)c1. The number of halogens is 2. The Bertz CT molecular complexity index is 539. The lowest BCUT2D eigenvalue weighted by atomic mass is 10.1. The fourth-order valence-electron chi connectivity index (χ4n) is 2.01. The van der Waals surface area contributed by atoms with Crippen LogP contribution in [0.25, 0.3) is 11.3 Å². The molecule has 1 aromatic heterocycles. The predicted molar refractivity (Wildman–Crippen MR) is 59.3 cm³/mol. The monoisotopic (exact) mass is 235 g/mol. The lowest BCUT2D eigenvalue weighted by Gasteiger charge is -2.13. The first-order valence-electron chi connectivity index (χ1n) is 5.46. The van der Waals surface area contributed by atoms with E-state index in [9.17, 15) is 8.78 Å². The van der Waals surface area contributed by atoms with Crippen molar-refractivity contribution in [2.45, 2.75) is 13.1 Å². The molecule has 0 amide bonds. The summed E-state index contributed by atoms with van der Waals surface area (Å²) in [6, 6.07) is 3.41. The Kier molecular flexibility index (Phi) is 2.40. The molecular weight excluding hydrogens is 224 g/mol. The van der Waals surface area contributed by atoms with E-state index >= 15 is 0 Å². The topological polar surface area (TPSA) is 29.9 Å². The molecule has 2 aromatic rings. The van der Waals surface area contributed by atoms with Crippen LogP contribution in [-0.2, 0) is 13.1 Å². The summed E-state index contributed by atoms with van der Waals surface area (Å²) in [6.45, 7) is 2.34. The molecule has 0 aliphatic carbocycles. The van der Waals surface area contributed by atoms with Crippen molar-refractivity contribution in [2.75, 3.05) is 6.54 Å². The summed E-state index contributed by atoms with van der Waals surface area (Å²) in [4.78, 5) is 4.32. The van der Waals surface area contributed by atoms with E-state index < -0.39 is 11.6 Å². The molecule has 0 atom stereocenters. The van der Waals surface area contributed by atoms with Gasteiger partial charge in [-0.1, -0.05) is 0 Å². The van der Waals surface area contributed by atoms with E-state index in [0.717, 1.165) is 31.0 Å². The number of nitrogens with zero attached hydrogens (tertiary/aromatic N) is 2. The van der Waals surface area contributed by atoms with E-state index in [4.69, 9.17) is 0 Å². The van der Waals surface area contributed by atoms with Crippen molar-refractivity contribution in [2.24, 2.45) is 0 Å². The van der Waals surface area contributed by atoms with E-state index in [2.05, 4.69) is 10.3 Å². The van der Waals surface area contributed by atoms with Gasteiger partial charge in [-0.2, -0.15) is 0 Å². The van der Waals surface area contributed by atoms with Gasteiger partial charge in [-0.3, -0.25) is 0 Å². The van der Waals surface area contributed by atoms with Crippen molar-refractivity contribution >= 4 is 0 Å². The van der Waals surface area contributed by atoms with Gasteiger partial charge in [0, 0.05) is 24.8 Å². The van der Waals surface area contributed by atoms with Gasteiger partial charge in [-0.25, -0.2) is 13.8 Å². The summed E-state index contributed by atoms with van der Waals surface area (Å²) in [6.07, 6.45) is 1.77. The average Bonchev–Trinajstić information content (AvgIpc) is 2.75. The minimum Gasteiger partial charge on any atom is -0.332 e. The maximum Gasteiger partial charge on any atom is 0.132 e. The van der Waals surface area contributed by atoms with Crippen LogP contribution >= 0.6 is 0 Å². The highest BCUT2D eigenvalue weighted by atomic mass is 19.1. The molecule has 0 spiro atoms. The lowest BCUT2D eigenvalue weighted by Crippen LogP contribution is -2.27. The molecule has 3 rings (SSSR count). The van der Waals surface area contributed by atoms with Gasteiger partial charge in [0.1, 0.15) is 17.5 Å². The van der Waals surface area contributed by atoms with Crippen molar-refractivity contribution < 1.29 is 8.78 Å². The fraction of sp³-hybridized carbons (Fsp3) is 0.250. The van der Waals surface area contributed by atoms with Crippen LogP contribution in [0.5, 0.6) is 0 Å². The Morgan fingerprint density at radius 2 is 2.18 bits per heavy atom. The van der Waals surface area contributed by atoms with Gasteiger partial charge in [-0.05, 0) is 18.2 Å². The van der Waals surface area contributed by atoms with Gasteiger partial charge < -0.3 is 9.88 Å². The van der Waals surface area contributed by atoms with E-state index in [0.29, 0.717) is 12.2 Å². The Morgan fingerprint density at radius 1 is 1.29 bits per heavy atom. The van der Waals surface area contributed by atoms with Crippen LogP contribution in [0.1, 0.15) is 5.82 Å². The molecule has 1 aliphatic rings. The summed E-state index contributed by atoms with van der Waals surface area (Å²) < 4.78 is 28.7. The number of hydrogen-bond acceptors (Lipinski definition) is 2. The van der Waals surface area contributed by atoms with Crippen LogP contribution < -0.4 is 5.32 Å². The molecule has 0 saturated carbocycles. The van der Waals surface area contributed by atoms with Crippen LogP contribution in [-0.4, -0.2) is 16.1 Å². The maximum atomic E-state index is 13.6. The predicted octanol–water partition coefficient (Wildman–Crippen LogP) is 1.93. The quantitative estimate of drug-likeness (QED) is 0.818. The minimum absolute atomic E-state index is 0.215. The molecule has 3 nitrogen and oxygen atoms in total. The van der Waals surface area contributed by atoms with Gasteiger partial charge in [0.2, 0.25) is 0 Å². The number of hydrogen-bond donors (Lipinski definition) is 1. The summed E-state index contributed by atoms with van der Waals surface area (Å²) in [5, 5.41) is 3.18. The molecule has 0 radical (unpaired) electrons. The molecule has 1 N–H and O–H groups in total. The van der Waals surface area contributed by atoms with Crippen molar-refractivity contribution in [3.63, 3.8) is 0 Å². The third kappa shape index (κ3) is 1.82. The Hall–Kier alpha value is -1.75. The number of imidazole rings is 1. The molecule has 2 heterocycles. The first-order chi connectivity index (χ1) is 8.24. The second kappa shape index (κ2) is 3.92. The van der Waals surface area contributed by atoms with Crippen molar-refractivity contribution in [1.82, 2.24) is 14.9 Å². The molecule has 1 aliphatic heterocycles. The van der Waals surface area contributed by atoms with E-state index in [1.54, 1.807) is 6.20 Å². The standard InChI is InChI=1S/C12H11F2N3/c13-8-1-2-10(14)9(5-8)11-7-17-4-3-15-6-12(17)16-11/h1-2,5,7,15H,3-4,6H2. The normalized spacial score (nSPS) is 14.7. The van der Waals surface area contributed by atoms with Gasteiger partial charge in [0.25, 0.3) is 0 Å². The zero-order valence-corrected chi connectivity index (χ0v) is 9.08. The number of aromatic nitrogens is 2. The van der Waals surface area contributed by atoms with Gasteiger partial charge >= 0.3 is 0 Å². The Balaban J connectivity index is 2.08. The smallest absolute Gasteiger partial charge is 0.132 e. The number of nitrogens with one attached hydrogen (secondary N) is 1. The Morgan fingerprint density at radius 3 is 3.00 bits per heavy atom. The average molecular weight is 235 g/mol. The van der Waals surface area contributed by atoms with Crippen molar-refractivity contribution in [1.29, 1.82) is 0 Å². The van der Waals surface area contributed by atoms with Crippen molar-refractivity contribution in [3.05, 3.63) is 41.9 Å². The third-order valence-corrected chi connectivity index (χ3v) is 2.88. The molecule has 0 unspecified atom stereocenters. The zero-order chi connectivity index (χ0) is 11.8. The number of fused-ring (bicyclic) bond motifs is 1. The van der Waals surface area contributed by atoms with E-state index in [1.807, 2.05) is 4.57 Å². The second-order valence-corrected chi connectivity index (χ2v) is 4.04. The zero-order valence-electron chi connectivity index (χ0n) is 9.08. The molecular formula is C12H11F2N3. The van der Waals surface area contributed by atoms with Crippen LogP contribution in [0.2, 0.25) is 0 Å². The first kappa shape index (κ1) is 10.4. The highest BCUT2D eigenvalue weighted by molar-refractivity contribution is 5.59. The summed E-state index contributed by atoms with van der Waals surface area (Å²) >= 11 is 0. The number of rotatable bonds is 1. The summed E-state index contributed by atoms with van der Waals surface area (Å²) in [5.74, 6) is -0.0461. The Labute approximate surface area is 97.1 Å². The number of benzene rings is 1. The van der Waals surface area contributed by atoms with E-state index in [-0.39, 0.29) is 5.56 Å². The first-order valence-corrected chi connectivity index (χ1v) is 5.46. The summed E-state index contributed by atoms with van der Waals surface area (Å²) in [5.41, 5.74) is 0.701. The molecule has 0 saturated heterocycles. The van der Waals surface area contributed by atoms with Crippen LogP contribution in [0.15, 0.2) is 24.4 Å². The summed E-state index contributed by atoms with van der Waals surface area (Å²) in [7, 11) is 0. The van der Waals surface area contributed by atoms with Crippen LogP contribution in [0, 0.1) is 11.6 Å². The third-order valence-electron chi connectivity index (χ3n) is 2.88. The van der Waals surface area contributed by atoms with E-state index in [1.165, 1.54) is 6.07 Å². The molecule has 1 aromatic carbocycles. The largest absolute Gasteiger partial charge is 0.332 e. The molecule has 0 bridgehead atoms.